The Morgan fingerprint density at radius 2 is 1.90 bits per heavy atom. The van der Waals surface area contributed by atoms with Crippen molar-refractivity contribution in [2.75, 3.05) is 7.11 Å². The van der Waals surface area contributed by atoms with Gasteiger partial charge in [-0.05, 0) is 40.7 Å². The first-order valence-corrected chi connectivity index (χ1v) is 7.05. The average Bonchev–Trinajstić information content (AvgIpc) is 2.36. The Labute approximate surface area is 126 Å². The Morgan fingerprint density at radius 3 is 2.38 bits per heavy atom. The number of halogens is 1. The zero-order valence-electron chi connectivity index (χ0n) is 13.6. The summed E-state index contributed by atoms with van der Waals surface area (Å²) < 4.78 is 19.0. The van der Waals surface area contributed by atoms with Crippen LogP contribution < -0.4 is 15.4 Å². The van der Waals surface area contributed by atoms with Crippen molar-refractivity contribution in [2.24, 2.45) is 0 Å². The van der Waals surface area contributed by atoms with Gasteiger partial charge in [-0.3, -0.25) is 10.1 Å². The first kappa shape index (κ1) is 17.4. The number of methoxy groups -OCH3 is 1. The molecule has 0 aromatic heterocycles. The Morgan fingerprint density at radius 1 is 1.29 bits per heavy atom. The lowest BCUT2D eigenvalue weighted by atomic mass is 10.1. The molecule has 1 aromatic rings. The van der Waals surface area contributed by atoms with Crippen LogP contribution in [0, 0.1) is 5.82 Å². The molecule has 0 saturated carbocycles. The number of hydrogen-bond donors (Lipinski definition) is 2. The second-order valence-corrected chi connectivity index (χ2v) is 6.24. The maximum Gasteiger partial charge on any atom is 0.237 e. The average molecular weight is 296 g/mol. The lowest BCUT2D eigenvalue weighted by Crippen LogP contribution is -2.50. The van der Waals surface area contributed by atoms with Crippen molar-refractivity contribution in [3.63, 3.8) is 0 Å². The molecule has 1 rings (SSSR count). The molecule has 2 unspecified atom stereocenters. The third-order valence-electron chi connectivity index (χ3n) is 3.07. The van der Waals surface area contributed by atoms with E-state index in [2.05, 4.69) is 10.6 Å². The number of carbonyl (C=O) groups excluding carboxylic acids is 1. The van der Waals surface area contributed by atoms with Crippen LogP contribution in [0.3, 0.4) is 0 Å². The van der Waals surface area contributed by atoms with Gasteiger partial charge < -0.3 is 10.1 Å². The molecule has 0 aliphatic heterocycles. The van der Waals surface area contributed by atoms with Crippen LogP contribution in [0.25, 0.3) is 0 Å². The molecule has 2 atom stereocenters. The molecule has 0 heterocycles. The van der Waals surface area contributed by atoms with Gasteiger partial charge in [0.15, 0.2) is 0 Å². The van der Waals surface area contributed by atoms with E-state index in [1.54, 1.807) is 19.1 Å². The highest BCUT2D eigenvalue weighted by Gasteiger charge is 2.22. The van der Waals surface area contributed by atoms with Gasteiger partial charge in [-0.15, -0.1) is 0 Å². The second kappa shape index (κ2) is 6.89. The molecular formula is C16H25FN2O2. The van der Waals surface area contributed by atoms with Crippen LogP contribution >= 0.6 is 0 Å². The summed E-state index contributed by atoms with van der Waals surface area (Å²) in [7, 11) is 1.50. The number of carbonyl (C=O) groups is 1. The van der Waals surface area contributed by atoms with Crippen LogP contribution in [-0.4, -0.2) is 24.6 Å². The van der Waals surface area contributed by atoms with Gasteiger partial charge in [-0.25, -0.2) is 4.39 Å². The minimum Gasteiger partial charge on any atom is -0.497 e. The van der Waals surface area contributed by atoms with E-state index in [0.717, 1.165) is 0 Å². The summed E-state index contributed by atoms with van der Waals surface area (Å²) in [5.74, 6) is 0.0167. The van der Waals surface area contributed by atoms with E-state index in [-0.39, 0.29) is 23.3 Å². The highest BCUT2D eigenvalue weighted by Crippen LogP contribution is 2.22. The number of hydrogen-bond acceptors (Lipinski definition) is 3. The van der Waals surface area contributed by atoms with Crippen molar-refractivity contribution in [1.82, 2.24) is 10.6 Å². The molecule has 1 aromatic carbocycles. The van der Waals surface area contributed by atoms with Crippen molar-refractivity contribution in [1.29, 1.82) is 0 Å². The monoisotopic (exact) mass is 296 g/mol. The fourth-order valence-corrected chi connectivity index (χ4v) is 2.00. The van der Waals surface area contributed by atoms with Crippen molar-refractivity contribution < 1.29 is 13.9 Å². The van der Waals surface area contributed by atoms with E-state index < -0.39 is 6.04 Å². The Kier molecular flexibility index (Phi) is 5.72. The molecule has 118 valence electrons. The van der Waals surface area contributed by atoms with Crippen molar-refractivity contribution in [3.8, 4) is 5.75 Å². The number of benzene rings is 1. The summed E-state index contributed by atoms with van der Waals surface area (Å²) in [5.41, 5.74) is 0.216. The van der Waals surface area contributed by atoms with Gasteiger partial charge in [0.05, 0.1) is 13.2 Å². The van der Waals surface area contributed by atoms with E-state index in [1.165, 1.54) is 13.2 Å². The summed E-state index contributed by atoms with van der Waals surface area (Å²) in [6.07, 6.45) is 0. The molecule has 2 N–H and O–H groups in total. The van der Waals surface area contributed by atoms with Crippen LogP contribution in [-0.2, 0) is 4.79 Å². The topological polar surface area (TPSA) is 50.4 Å². The fourth-order valence-electron chi connectivity index (χ4n) is 2.00. The lowest BCUT2D eigenvalue weighted by Gasteiger charge is -2.26. The molecule has 0 aliphatic carbocycles. The number of nitrogens with one attached hydrogen (secondary N) is 2. The largest absolute Gasteiger partial charge is 0.497 e. The molecule has 5 heteroatoms. The van der Waals surface area contributed by atoms with Crippen molar-refractivity contribution in [2.45, 2.75) is 52.2 Å². The molecule has 0 spiro atoms. The van der Waals surface area contributed by atoms with Gasteiger partial charge >= 0.3 is 0 Å². The third kappa shape index (κ3) is 5.34. The van der Waals surface area contributed by atoms with E-state index >= 15 is 0 Å². The van der Waals surface area contributed by atoms with Crippen molar-refractivity contribution in [3.05, 3.63) is 29.6 Å². The van der Waals surface area contributed by atoms with Crippen LogP contribution in [0.15, 0.2) is 18.2 Å². The van der Waals surface area contributed by atoms with E-state index in [9.17, 15) is 9.18 Å². The summed E-state index contributed by atoms with van der Waals surface area (Å²) in [6.45, 7) is 9.35. The van der Waals surface area contributed by atoms with Gasteiger partial charge in [0, 0.05) is 23.2 Å². The molecule has 1 amide bonds. The Balaban J connectivity index is 2.72. The normalized spacial score (nSPS) is 14.4. The summed E-state index contributed by atoms with van der Waals surface area (Å²) in [4.78, 5) is 12.0. The maximum absolute atomic E-state index is 14.0. The predicted octanol–water partition coefficient (Wildman–Crippen LogP) is 2.79. The molecule has 21 heavy (non-hydrogen) atoms. The highest BCUT2D eigenvalue weighted by atomic mass is 19.1. The van der Waals surface area contributed by atoms with Gasteiger partial charge in [-0.2, -0.15) is 0 Å². The predicted molar refractivity (Wildman–Crippen MR) is 81.9 cm³/mol. The van der Waals surface area contributed by atoms with Crippen LogP contribution in [0.4, 0.5) is 4.39 Å². The molecule has 0 aliphatic rings. The third-order valence-corrected chi connectivity index (χ3v) is 3.07. The summed E-state index contributed by atoms with van der Waals surface area (Å²) in [5, 5.41) is 6.00. The number of ether oxygens (including phenoxy) is 1. The first-order valence-electron chi connectivity index (χ1n) is 7.05. The quantitative estimate of drug-likeness (QED) is 0.878. The molecule has 0 radical (unpaired) electrons. The Bertz CT molecular complexity index is 498. The minimum absolute atomic E-state index is 0.108. The maximum atomic E-state index is 14.0. The summed E-state index contributed by atoms with van der Waals surface area (Å²) >= 11 is 0. The highest BCUT2D eigenvalue weighted by molar-refractivity contribution is 5.82. The molecule has 4 nitrogen and oxygen atoms in total. The zero-order chi connectivity index (χ0) is 16.2. The lowest BCUT2D eigenvalue weighted by molar-refractivity contribution is -0.124. The van der Waals surface area contributed by atoms with Crippen molar-refractivity contribution >= 4 is 5.91 Å². The van der Waals surface area contributed by atoms with Gasteiger partial charge in [0.2, 0.25) is 5.91 Å². The van der Waals surface area contributed by atoms with Gasteiger partial charge in [0.25, 0.3) is 0 Å². The Hall–Kier alpha value is -1.62. The number of amides is 1. The zero-order valence-corrected chi connectivity index (χ0v) is 13.6. The SMILES string of the molecule is COc1ccc(C(C)NC(C)C(=O)NC(C)(C)C)c(F)c1. The van der Waals surface area contributed by atoms with Crippen LogP contribution in [0.2, 0.25) is 0 Å². The first-order chi connectivity index (χ1) is 9.64. The summed E-state index contributed by atoms with van der Waals surface area (Å²) in [6, 6.07) is 4.02. The molecule has 0 saturated heterocycles. The fraction of sp³-hybridized carbons (Fsp3) is 0.562. The molecule has 0 bridgehead atoms. The van der Waals surface area contributed by atoms with E-state index in [4.69, 9.17) is 4.74 Å². The van der Waals surface area contributed by atoms with Crippen LogP contribution in [0.1, 0.15) is 46.2 Å². The standard InChI is InChI=1S/C16H25FN2O2/c1-10(13-8-7-12(21-6)9-14(13)17)18-11(2)15(20)19-16(3,4)5/h7-11,18H,1-6H3,(H,19,20). The second-order valence-electron chi connectivity index (χ2n) is 6.24. The molecular weight excluding hydrogens is 271 g/mol. The number of rotatable bonds is 5. The minimum atomic E-state index is -0.416. The van der Waals surface area contributed by atoms with Crippen LogP contribution in [0.5, 0.6) is 5.75 Å². The van der Waals surface area contributed by atoms with E-state index in [0.29, 0.717) is 11.3 Å². The van der Waals surface area contributed by atoms with Gasteiger partial charge in [0.1, 0.15) is 11.6 Å². The van der Waals surface area contributed by atoms with E-state index in [1.807, 2.05) is 27.7 Å². The molecule has 0 fully saturated rings. The van der Waals surface area contributed by atoms with Gasteiger partial charge in [-0.1, -0.05) is 6.07 Å². The smallest absolute Gasteiger partial charge is 0.237 e.